The first kappa shape index (κ1) is 28.4. The van der Waals surface area contributed by atoms with E-state index in [4.69, 9.17) is 19.4 Å². The van der Waals surface area contributed by atoms with Crippen LogP contribution in [0, 0.1) is 0 Å². The molecule has 0 fully saturated rings. The third-order valence-electron chi connectivity index (χ3n) is 10.0. The molecule has 1 aliphatic carbocycles. The molecule has 50 heavy (non-hydrogen) atoms. The molecule has 0 saturated carbocycles. The Labute approximate surface area is 289 Å². The summed E-state index contributed by atoms with van der Waals surface area (Å²) in [4.78, 5) is 15.3. The monoisotopic (exact) mass is 639 g/mol. The maximum Gasteiger partial charge on any atom is 0.199 e. The van der Waals surface area contributed by atoms with Gasteiger partial charge in [0.05, 0.1) is 5.41 Å². The van der Waals surface area contributed by atoms with Crippen molar-refractivity contribution in [3.8, 4) is 45.5 Å². The molecular weight excluding hydrogens is 611 g/mol. The second-order valence-corrected chi connectivity index (χ2v) is 12.8. The number of aromatic nitrogens is 3. The van der Waals surface area contributed by atoms with E-state index in [9.17, 15) is 0 Å². The third kappa shape index (κ3) is 4.35. The maximum absolute atomic E-state index is 6.32. The molecule has 234 valence electrons. The van der Waals surface area contributed by atoms with E-state index < -0.39 is 5.41 Å². The van der Waals surface area contributed by atoms with Crippen LogP contribution in [0.3, 0.4) is 0 Å². The van der Waals surface area contributed by atoms with Gasteiger partial charge in [-0.05, 0) is 68.4 Å². The van der Waals surface area contributed by atoms with Crippen LogP contribution in [0.15, 0.2) is 180 Å². The minimum atomic E-state index is -0.528. The Balaban J connectivity index is 1.23. The molecule has 0 aliphatic heterocycles. The summed E-state index contributed by atoms with van der Waals surface area (Å²) in [5.41, 5.74) is 9.43. The van der Waals surface area contributed by atoms with Gasteiger partial charge in [0, 0.05) is 16.5 Å². The molecular formula is C46H29N3O. The number of benzene rings is 7. The normalized spacial score (nSPS) is 13.0. The number of nitrogens with zero attached hydrogens (tertiary/aromatic N) is 3. The lowest BCUT2D eigenvalue weighted by molar-refractivity contribution is 0.625. The van der Waals surface area contributed by atoms with Crippen molar-refractivity contribution in [2.75, 3.05) is 0 Å². The van der Waals surface area contributed by atoms with Gasteiger partial charge in [-0.3, -0.25) is 0 Å². The van der Waals surface area contributed by atoms with Crippen molar-refractivity contribution in [2.45, 2.75) is 5.41 Å². The molecule has 2 heterocycles. The first-order valence-corrected chi connectivity index (χ1v) is 16.9. The van der Waals surface area contributed by atoms with E-state index in [2.05, 4.69) is 146 Å². The average molecular weight is 640 g/mol. The lowest BCUT2D eigenvalue weighted by Crippen LogP contribution is -2.28. The van der Waals surface area contributed by atoms with Gasteiger partial charge in [-0.1, -0.05) is 152 Å². The molecule has 1 aliphatic rings. The highest BCUT2D eigenvalue weighted by molar-refractivity contribution is 5.89. The summed E-state index contributed by atoms with van der Waals surface area (Å²) in [6.45, 7) is 0. The highest BCUT2D eigenvalue weighted by Crippen LogP contribution is 2.56. The van der Waals surface area contributed by atoms with Gasteiger partial charge >= 0.3 is 0 Å². The molecule has 0 spiro atoms. The summed E-state index contributed by atoms with van der Waals surface area (Å²) in [6, 6.07) is 61.8. The number of hydrogen-bond donors (Lipinski definition) is 0. The summed E-state index contributed by atoms with van der Waals surface area (Å²) in [6.07, 6.45) is 0. The fourth-order valence-corrected chi connectivity index (χ4v) is 7.75. The Morgan fingerprint density at radius 3 is 1.68 bits per heavy atom. The van der Waals surface area contributed by atoms with Gasteiger partial charge in [0.2, 0.25) is 0 Å². The summed E-state index contributed by atoms with van der Waals surface area (Å²) in [5, 5.41) is 3.30. The summed E-state index contributed by atoms with van der Waals surface area (Å²) in [5.74, 6) is 2.29. The zero-order chi connectivity index (χ0) is 33.1. The van der Waals surface area contributed by atoms with Gasteiger partial charge in [0.15, 0.2) is 23.2 Å². The number of fused-ring (bicyclic) bond motifs is 5. The Morgan fingerprint density at radius 2 is 0.940 bits per heavy atom. The number of furan rings is 1. The lowest BCUT2D eigenvalue weighted by atomic mass is 9.67. The highest BCUT2D eigenvalue weighted by atomic mass is 16.3. The summed E-state index contributed by atoms with van der Waals surface area (Å²) in [7, 11) is 0. The molecule has 10 rings (SSSR count). The summed E-state index contributed by atoms with van der Waals surface area (Å²) < 4.78 is 6.32. The second-order valence-electron chi connectivity index (χ2n) is 12.8. The second kappa shape index (κ2) is 11.2. The average Bonchev–Trinajstić information content (AvgIpc) is 3.76. The van der Waals surface area contributed by atoms with Crippen molar-refractivity contribution in [1.82, 2.24) is 15.0 Å². The van der Waals surface area contributed by atoms with Crippen molar-refractivity contribution in [3.63, 3.8) is 0 Å². The molecule has 0 bridgehead atoms. The first-order valence-electron chi connectivity index (χ1n) is 16.9. The zero-order valence-corrected chi connectivity index (χ0v) is 27.0. The molecule has 0 N–H and O–H groups in total. The lowest BCUT2D eigenvalue weighted by Gasteiger charge is -2.34. The van der Waals surface area contributed by atoms with E-state index in [1.54, 1.807) is 0 Å². The van der Waals surface area contributed by atoms with Crippen LogP contribution in [0.4, 0.5) is 0 Å². The molecule has 0 unspecified atom stereocenters. The van der Waals surface area contributed by atoms with E-state index in [0.717, 1.165) is 27.5 Å². The quantitative estimate of drug-likeness (QED) is 0.188. The molecule has 9 aromatic rings. The molecule has 2 aromatic heterocycles. The van der Waals surface area contributed by atoms with Gasteiger partial charge in [0.1, 0.15) is 5.58 Å². The topological polar surface area (TPSA) is 51.8 Å². The fourth-order valence-electron chi connectivity index (χ4n) is 7.75. The molecule has 0 saturated heterocycles. The Bertz CT molecular complexity index is 2640. The molecule has 0 radical (unpaired) electrons. The van der Waals surface area contributed by atoms with Crippen LogP contribution < -0.4 is 0 Å². The Kier molecular flexibility index (Phi) is 6.36. The standard InChI is InChI=1S/C46H29N3O/c1-3-16-35(17-4-1)46(36-18-5-2-6-19-36)39-21-11-10-20-37(39)38-26-25-34(28-40(38)46)44-47-43(33-24-23-30-13-7-8-14-31(30)27-33)48-45(49-44)42-29-32-15-9-12-22-41(32)50-42/h1-29H. The number of hydrogen-bond acceptors (Lipinski definition) is 4. The van der Waals surface area contributed by atoms with Crippen LogP contribution in [-0.2, 0) is 5.41 Å². The molecule has 4 heteroatoms. The summed E-state index contributed by atoms with van der Waals surface area (Å²) >= 11 is 0. The van der Waals surface area contributed by atoms with Crippen LogP contribution in [0.5, 0.6) is 0 Å². The highest BCUT2D eigenvalue weighted by Gasteiger charge is 2.46. The molecule has 7 aromatic carbocycles. The molecule has 0 atom stereocenters. The smallest absolute Gasteiger partial charge is 0.199 e. The van der Waals surface area contributed by atoms with Gasteiger partial charge in [0.25, 0.3) is 0 Å². The van der Waals surface area contributed by atoms with Crippen LogP contribution in [0.2, 0.25) is 0 Å². The van der Waals surface area contributed by atoms with Crippen molar-refractivity contribution in [1.29, 1.82) is 0 Å². The Hall–Kier alpha value is -6.65. The van der Waals surface area contributed by atoms with Gasteiger partial charge in [-0.25, -0.2) is 15.0 Å². The SMILES string of the molecule is c1ccc(C2(c3ccccc3)c3ccccc3-c3ccc(-c4nc(-c5ccc6ccccc6c5)nc(-c5cc6ccccc6o5)n4)cc32)cc1. The van der Waals surface area contributed by atoms with Crippen molar-refractivity contribution in [2.24, 2.45) is 0 Å². The van der Waals surface area contributed by atoms with Crippen molar-refractivity contribution in [3.05, 3.63) is 198 Å². The maximum atomic E-state index is 6.32. The van der Waals surface area contributed by atoms with Crippen molar-refractivity contribution >= 4 is 21.7 Å². The van der Waals surface area contributed by atoms with Gasteiger partial charge < -0.3 is 4.42 Å². The number of para-hydroxylation sites is 1. The first-order chi connectivity index (χ1) is 24.8. The van der Waals surface area contributed by atoms with E-state index in [0.29, 0.717) is 23.2 Å². The van der Waals surface area contributed by atoms with Crippen LogP contribution in [0.25, 0.3) is 67.2 Å². The van der Waals surface area contributed by atoms with E-state index in [1.165, 1.54) is 38.8 Å². The third-order valence-corrected chi connectivity index (χ3v) is 10.0. The molecule has 0 amide bonds. The minimum Gasteiger partial charge on any atom is -0.453 e. The van der Waals surface area contributed by atoms with Gasteiger partial charge in [-0.15, -0.1) is 0 Å². The van der Waals surface area contributed by atoms with Crippen LogP contribution in [-0.4, -0.2) is 15.0 Å². The fraction of sp³-hybridized carbons (Fsp3) is 0.0217. The van der Waals surface area contributed by atoms with E-state index in [1.807, 2.05) is 30.3 Å². The number of rotatable bonds is 5. The van der Waals surface area contributed by atoms with Crippen LogP contribution in [0.1, 0.15) is 22.3 Å². The zero-order valence-electron chi connectivity index (χ0n) is 27.0. The predicted molar refractivity (Wildman–Crippen MR) is 201 cm³/mol. The van der Waals surface area contributed by atoms with Crippen LogP contribution >= 0.6 is 0 Å². The van der Waals surface area contributed by atoms with E-state index in [-0.39, 0.29) is 0 Å². The molecule has 4 nitrogen and oxygen atoms in total. The van der Waals surface area contributed by atoms with E-state index >= 15 is 0 Å². The van der Waals surface area contributed by atoms with Gasteiger partial charge in [-0.2, -0.15) is 0 Å². The largest absolute Gasteiger partial charge is 0.453 e. The predicted octanol–water partition coefficient (Wildman–Crippen LogP) is 11.1. The van der Waals surface area contributed by atoms with Crippen molar-refractivity contribution < 1.29 is 4.42 Å². The Morgan fingerprint density at radius 1 is 0.380 bits per heavy atom. The minimum absolute atomic E-state index is 0.496.